The molecule has 1 nitrogen and oxygen atoms in total. The molecule has 0 heterocycles. The van der Waals surface area contributed by atoms with Gasteiger partial charge in [-0.05, 0) is 67.7 Å². The minimum atomic E-state index is -5.12. The lowest BCUT2D eigenvalue weighted by Gasteiger charge is -2.26. The molecule has 140 valence electrons. The summed E-state index contributed by atoms with van der Waals surface area (Å²) in [4.78, 5) is 0. The molecule has 0 amide bonds. The molecule has 0 saturated carbocycles. The maximum atomic E-state index is 14.3. The molecule has 0 spiro atoms. The number of hydrogen-bond acceptors (Lipinski definition) is 1. The molecule has 1 atom stereocenters. The second-order valence-electron chi connectivity index (χ2n) is 6.82. The standard InChI is InChI=1S/C20H19F5O/c1-12-2-4-13(5-3-12)6-7-14-8-9-16-15(10-14)11-17(21)19(18(16)22)26-20(23,24)25/h2-5,11,14H,6-10H2,1H3. The van der Waals surface area contributed by atoms with E-state index in [1.54, 1.807) is 0 Å². The zero-order chi connectivity index (χ0) is 18.9. The Morgan fingerprint density at radius 3 is 2.46 bits per heavy atom. The molecule has 2 aromatic rings. The van der Waals surface area contributed by atoms with Crippen LogP contribution in [-0.4, -0.2) is 6.36 Å². The first-order valence-corrected chi connectivity index (χ1v) is 8.54. The van der Waals surface area contributed by atoms with Gasteiger partial charge in [0, 0.05) is 0 Å². The van der Waals surface area contributed by atoms with Crippen molar-refractivity contribution in [2.45, 2.75) is 45.4 Å². The molecule has 1 unspecified atom stereocenters. The molecule has 0 radical (unpaired) electrons. The van der Waals surface area contributed by atoms with Crippen LogP contribution in [0.1, 0.15) is 35.1 Å². The van der Waals surface area contributed by atoms with Gasteiger partial charge < -0.3 is 4.74 Å². The quantitative estimate of drug-likeness (QED) is 0.608. The first-order valence-electron chi connectivity index (χ1n) is 8.54. The highest BCUT2D eigenvalue weighted by molar-refractivity contribution is 5.41. The highest BCUT2D eigenvalue weighted by Gasteiger charge is 2.36. The van der Waals surface area contributed by atoms with Gasteiger partial charge in [-0.3, -0.25) is 0 Å². The van der Waals surface area contributed by atoms with E-state index in [9.17, 15) is 22.0 Å². The van der Waals surface area contributed by atoms with Crippen molar-refractivity contribution in [3.8, 4) is 5.75 Å². The highest BCUT2D eigenvalue weighted by atomic mass is 19.4. The fourth-order valence-corrected chi connectivity index (χ4v) is 3.48. The monoisotopic (exact) mass is 370 g/mol. The predicted molar refractivity (Wildman–Crippen MR) is 88.1 cm³/mol. The van der Waals surface area contributed by atoms with Gasteiger partial charge in [-0.1, -0.05) is 29.8 Å². The van der Waals surface area contributed by atoms with Crippen molar-refractivity contribution in [1.29, 1.82) is 0 Å². The fourth-order valence-electron chi connectivity index (χ4n) is 3.48. The Kier molecular flexibility index (Phi) is 5.21. The SMILES string of the molecule is Cc1ccc(CCC2CCc3c(cc(F)c(OC(F)(F)F)c3F)C2)cc1. The average molecular weight is 370 g/mol. The largest absolute Gasteiger partial charge is 0.573 e. The number of rotatable bonds is 4. The van der Waals surface area contributed by atoms with Crippen molar-refractivity contribution in [2.24, 2.45) is 5.92 Å². The van der Waals surface area contributed by atoms with Crippen LogP contribution >= 0.6 is 0 Å². The topological polar surface area (TPSA) is 9.23 Å². The Bertz CT molecular complexity index is 780. The molecule has 0 aromatic heterocycles. The second-order valence-corrected chi connectivity index (χ2v) is 6.82. The van der Waals surface area contributed by atoms with Crippen molar-refractivity contribution < 1.29 is 26.7 Å². The van der Waals surface area contributed by atoms with Crippen LogP contribution in [0.5, 0.6) is 5.75 Å². The second kappa shape index (κ2) is 7.25. The number of fused-ring (bicyclic) bond motifs is 1. The van der Waals surface area contributed by atoms with Gasteiger partial charge in [0.15, 0.2) is 11.6 Å². The number of hydrogen-bond donors (Lipinski definition) is 0. The molecule has 0 aliphatic heterocycles. The molecule has 1 aliphatic rings. The van der Waals surface area contributed by atoms with E-state index in [2.05, 4.69) is 16.9 Å². The molecule has 0 saturated heterocycles. The van der Waals surface area contributed by atoms with Crippen molar-refractivity contribution in [3.05, 3.63) is 64.2 Å². The van der Waals surface area contributed by atoms with Crippen molar-refractivity contribution in [1.82, 2.24) is 0 Å². The number of benzene rings is 2. The summed E-state index contributed by atoms with van der Waals surface area (Å²) in [5.74, 6) is -3.64. The summed E-state index contributed by atoms with van der Waals surface area (Å²) in [6.45, 7) is 2.02. The van der Waals surface area contributed by atoms with Crippen LogP contribution in [0.15, 0.2) is 30.3 Å². The van der Waals surface area contributed by atoms with E-state index in [1.807, 2.05) is 19.1 Å². The minimum Gasteiger partial charge on any atom is -0.399 e. The number of alkyl halides is 3. The van der Waals surface area contributed by atoms with E-state index in [-0.39, 0.29) is 17.9 Å². The zero-order valence-corrected chi connectivity index (χ0v) is 14.3. The maximum absolute atomic E-state index is 14.3. The predicted octanol–water partition coefficient (Wildman–Crippen LogP) is 5.91. The molecule has 6 heteroatoms. The third-order valence-corrected chi connectivity index (χ3v) is 4.86. The van der Waals surface area contributed by atoms with Crippen molar-refractivity contribution in [3.63, 3.8) is 0 Å². The summed E-state index contributed by atoms with van der Waals surface area (Å²) in [6, 6.07) is 9.19. The van der Waals surface area contributed by atoms with Crippen LogP contribution in [-0.2, 0) is 19.3 Å². The lowest BCUT2D eigenvalue weighted by molar-refractivity contribution is -0.276. The van der Waals surface area contributed by atoms with Crippen LogP contribution in [0.25, 0.3) is 0 Å². The Hall–Kier alpha value is -2.11. The molecule has 0 N–H and O–H groups in total. The number of aryl methyl sites for hydroxylation is 2. The zero-order valence-electron chi connectivity index (χ0n) is 14.3. The highest BCUT2D eigenvalue weighted by Crippen LogP contribution is 2.37. The van der Waals surface area contributed by atoms with Gasteiger partial charge in [0.1, 0.15) is 0 Å². The Morgan fingerprint density at radius 1 is 1.12 bits per heavy atom. The Labute approximate surface area is 148 Å². The maximum Gasteiger partial charge on any atom is 0.573 e. The van der Waals surface area contributed by atoms with Crippen LogP contribution in [0.2, 0.25) is 0 Å². The van der Waals surface area contributed by atoms with Crippen LogP contribution in [0.4, 0.5) is 22.0 Å². The third-order valence-electron chi connectivity index (χ3n) is 4.86. The van der Waals surface area contributed by atoms with Crippen molar-refractivity contribution in [2.75, 3.05) is 0 Å². The number of ether oxygens (including phenoxy) is 1. The Balaban J connectivity index is 1.71. The average Bonchev–Trinajstić information content (AvgIpc) is 2.57. The minimum absolute atomic E-state index is 0.136. The first-order chi connectivity index (χ1) is 12.2. The molecular weight excluding hydrogens is 351 g/mol. The van der Waals surface area contributed by atoms with E-state index in [0.717, 1.165) is 18.9 Å². The fraction of sp³-hybridized carbons (Fsp3) is 0.400. The van der Waals surface area contributed by atoms with Gasteiger partial charge in [0.25, 0.3) is 0 Å². The van der Waals surface area contributed by atoms with E-state index in [0.29, 0.717) is 18.4 Å². The van der Waals surface area contributed by atoms with Crippen molar-refractivity contribution >= 4 is 0 Å². The van der Waals surface area contributed by atoms with E-state index >= 15 is 0 Å². The summed E-state index contributed by atoms with van der Waals surface area (Å²) in [5, 5.41) is 0. The molecular formula is C20H19F5O. The summed E-state index contributed by atoms with van der Waals surface area (Å²) < 4.78 is 68.7. The summed E-state index contributed by atoms with van der Waals surface area (Å²) in [5.41, 5.74) is 2.96. The lowest BCUT2D eigenvalue weighted by atomic mass is 9.80. The van der Waals surface area contributed by atoms with Gasteiger partial charge in [-0.2, -0.15) is 0 Å². The van der Waals surface area contributed by atoms with Gasteiger partial charge in [0.2, 0.25) is 5.75 Å². The normalized spacial score (nSPS) is 17.1. The lowest BCUT2D eigenvalue weighted by Crippen LogP contribution is -2.22. The van der Waals surface area contributed by atoms with Crippen LogP contribution in [0, 0.1) is 24.5 Å². The molecule has 0 fully saturated rings. The number of halogens is 5. The molecule has 1 aliphatic carbocycles. The van der Waals surface area contributed by atoms with Gasteiger partial charge in [0.05, 0.1) is 0 Å². The molecule has 26 heavy (non-hydrogen) atoms. The molecule has 3 rings (SSSR count). The Morgan fingerprint density at radius 2 is 1.81 bits per heavy atom. The van der Waals surface area contributed by atoms with E-state index in [4.69, 9.17) is 0 Å². The third kappa shape index (κ3) is 4.34. The van der Waals surface area contributed by atoms with E-state index < -0.39 is 23.7 Å². The summed E-state index contributed by atoms with van der Waals surface area (Å²) >= 11 is 0. The molecule has 0 bridgehead atoms. The van der Waals surface area contributed by atoms with Gasteiger partial charge in [-0.15, -0.1) is 13.2 Å². The van der Waals surface area contributed by atoms with Crippen LogP contribution in [0.3, 0.4) is 0 Å². The smallest absolute Gasteiger partial charge is 0.399 e. The molecule has 2 aromatic carbocycles. The van der Waals surface area contributed by atoms with Crippen LogP contribution < -0.4 is 4.74 Å². The summed E-state index contributed by atoms with van der Waals surface area (Å²) in [7, 11) is 0. The van der Waals surface area contributed by atoms with Gasteiger partial charge >= 0.3 is 6.36 Å². The van der Waals surface area contributed by atoms with Gasteiger partial charge in [-0.25, -0.2) is 8.78 Å². The van der Waals surface area contributed by atoms with E-state index in [1.165, 1.54) is 11.1 Å². The summed E-state index contributed by atoms with van der Waals surface area (Å²) in [6.07, 6.45) is -1.99. The first kappa shape index (κ1) is 18.7.